The molecule has 1 amide bonds. The first-order valence-electron chi connectivity index (χ1n) is 16.9. The predicted octanol–water partition coefficient (Wildman–Crippen LogP) is 5.37. The number of aryl methyl sites for hydroxylation is 2. The van der Waals surface area contributed by atoms with Crippen molar-refractivity contribution in [2.24, 2.45) is 5.92 Å². The molecule has 45 heavy (non-hydrogen) atoms. The first-order valence-corrected chi connectivity index (χ1v) is 16.9. The molecule has 3 aliphatic heterocycles. The van der Waals surface area contributed by atoms with Gasteiger partial charge < -0.3 is 9.64 Å². The monoisotopic (exact) mass is 610 g/mol. The second kappa shape index (κ2) is 14.4. The van der Waals surface area contributed by atoms with E-state index in [1.807, 2.05) is 18.7 Å². The highest BCUT2D eigenvalue weighted by Crippen LogP contribution is 2.38. The summed E-state index contributed by atoms with van der Waals surface area (Å²) in [5.41, 5.74) is 5.05. The molecule has 6 rings (SSSR count). The summed E-state index contributed by atoms with van der Waals surface area (Å²) >= 11 is 0. The molecule has 2 aromatic carbocycles. The first kappa shape index (κ1) is 31.6. The number of amides is 1. The zero-order chi connectivity index (χ0) is 31.3. The zero-order valence-corrected chi connectivity index (χ0v) is 27.6. The third kappa shape index (κ3) is 7.24. The fraction of sp³-hybridized carbons (Fsp3) is 0.541. The van der Waals surface area contributed by atoms with Crippen molar-refractivity contribution < 1.29 is 9.53 Å². The summed E-state index contributed by atoms with van der Waals surface area (Å²) in [4.78, 5) is 32.0. The van der Waals surface area contributed by atoms with E-state index in [4.69, 9.17) is 4.74 Å². The molecule has 8 heteroatoms. The number of likely N-dealkylation sites (tertiary alicyclic amines) is 2. The van der Waals surface area contributed by atoms with Crippen molar-refractivity contribution in [1.82, 2.24) is 29.6 Å². The Hall–Kier alpha value is -3.33. The van der Waals surface area contributed by atoms with Crippen LogP contribution in [-0.4, -0.2) is 100 Å². The van der Waals surface area contributed by atoms with E-state index in [1.165, 1.54) is 24.0 Å². The Bertz CT molecular complexity index is 1380. The number of benzene rings is 2. The Balaban J connectivity index is 1.06. The first-order chi connectivity index (χ1) is 21.9. The molecule has 8 nitrogen and oxygen atoms in total. The average Bonchev–Trinajstić information content (AvgIpc) is 3.07. The highest BCUT2D eigenvalue weighted by atomic mass is 16.5. The van der Waals surface area contributed by atoms with Crippen LogP contribution in [0.3, 0.4) is 0 Å². The fourth-order valence-corrected chi connectivity index (χ4v) is 8.04. The van der Waals surface area contributed by atoms with E-state index in [9.17, 15) is 4.79 Å². The van der Waals surface area contributed by atoms with Crippen LogP contribution in [-0.2, 0) is 6.54 Å². The number of rotatable bonds is 8. The van der Waals surface area contributed by atoms with E-state index in [-0.39, 0.29) is 5.91 Å². The standard InChI is InChI=1S/C37H50N6O2/c1-27-24-42(33-16-20-41(21-17-33)37(44)35-28(2)38-26-39-29(35)3)22-23-43(27)36(31-8-6-5-7-9-31)32-14-18-40(19-15-32)25-30-10-12-34(45-4)13-11-30/h5-13,26-27,32-33,36H,14-25H2,1-4H3/t27-,36+/m0/s1. The summed E-state index contributed by atoms with van der Waals surface area (Å²) in [5, 5.41) is 0. The summed E-state index contributed by atoms with van der Waals surface area (Å²) in [7, 11) is 1.72. The summed E-state index contributed by atoms with van der Waals surface area (Å²) in [6.07, 6.45) is 6.04. The van der Waals surface area contributed by atoms with Gasteiger partial charge in [0.1, 0.15) is 12.1 Å². The Kier molecular flexibility index (Phi) is 10.1. The molecule has 0 N–H and O–H groups in total. The lowest BCUT2D eigenvalue weighted by Gasteiger charge is -2.50. The third-order valence-corrected chi connectivity index (χ3v) is 10.6. The van der Waals surface area contributed by atoms with Gasteiger partial charge in [0.05, 0.1) is 24.1 Å². The molecule has 0 bridgehead atoms. The largest absolute Gasteiger partial charge is 0.497 e. The van der Waals surface area contributed by atoms with E-state index >= 15 is 0 Å². The molecule has 3 aliphatic rings. The quantitative estimate of drug-likeness (QED) is 0.340. The lowest BCUT2D eigenvalue weighted by molar-refractivity contribution is -0.0135. The van der Waals surface area contributed by atoms with E-state index < -0.39 is 0 Å². The van der Waals surface area contributed by atoms with Gasteiger partial charge >= 0.3 is 0 Å². The van der Waals surface area contributed by atoms with Crippen LogP contribution in [0.4, 0.5) is 0 Å². The van der Waals surface area contributed by atoms with Crippen LogP contribution in [0.15, 0.2) is 60.9 Å². The van der Waals surface area contributed by atoms with Crippen LogP contribution in [0.25, 0.3) is 0 Å². The molecule has 3 aromatic rings. The average molecular weight is 611 g/mol. The second-order valence-corrected chi connectivity index (χ2v) is 13.3. The number of hydrogen-bond acceptors (Lipinski definition) is 7. The van der Waals surface area contributed by atoms with Crippen molar-refractivity contribution in [3.63, 3.8) is 0 Å². The smallest absolute Gasteiger partial charge is 0.257 e. The van der Waals surface area contributed by atoms with E-state index in [0.29, 0.717) is 29.6 Å². The Labute approximate surface area is 269 Å². The molecule has 0 unspecified atom stereocenters. The van der Waals surface area contributed by atoms with Crippen LogP contribution >= 0.6 is 0 Å². The van der Waals surface area contributed by atoms with Crippen LogP contribution in [0.1, 0.15) is 71.5 Å². The van der Waals surface area contributed by atoms with Crippen LogP contribution in [0, 0.1) is 19.8 Å². The van der Waals surface area contributed by atoms with Crippen LogP contribution in [0.2, 0.25) is 0 Å². The van der Waals surface area contributed by atoms with Gasteiger partial charge in [-0.15, -0.1) is 0 Å². The Morgan fingerprint density at radius 2 is 1.53 bits per heavy atom. The van der Waals surface area contributed by atoms with Gasteiger partial charge in [0.2, 0.25) is 0 Å². The Morgan fingerprint density at radius 3 is 2.16 bits per heavy atom. The molecule has 3 fully saturated rings. The van der Waals surface area contributed by atoms with Crippen molar-refractivity contribution in [3.8, 4) is 5.75 Å². The minimum Gasteiger partial charge on any atom is -0.497 e. The second-order valence-electron chi connectivity index (χ2n) is 13.3. The molecule has 1 aromatic heterocycles. The highest BCUT2D eigenvalue weighted by molar-refractivity contribution is 5.96. The maximum atomic E-state index is 13.3. The summed E-state index contributed by atoms with van der Waals surface area (Å²) < 4.78 is 5.34. The van der Waals surface area contributed by atoms with Gasteiger partial charge in [-0.1, -0.05) is 42.5 Å². The molecule has 3 saturated heterocycles. The predicted molar refractivity (Wildman–Crippen MR) is 178 cm³/mol. The summed E-state index contributed by atoms with van der Waals surface area (Å²) in [6, 6.07) is 21.2. The van der Waals surface area contributed by atoms with E-state index in [0.717, 1.165) is 82.3 Å². The number of piperidine rings is 2. The number of ether oxygens (including phenoxy) is 1. The maximum absolute atomic E-state index is 13.3. The van der Waals surface area contributed by atoms with Crippen molar-refractivity contribution in [1.29, 1.82) is 0 Å². The number of aromatic nitrogens is 2. The van der Waals surface area contributed by atoms with Gasteiger partial charge in [0.15, 0.2) is 0 Å². The fourth-order valence-electron chi connectivity index (χ4n) is 8.04. The molecule has 0 saturated carbocycles. The van der Waals surface area contributed by atoms with Crippen LogP contribution < -0.4 is 4.74 Å². The van der Waals surface area contributed by atoms with Gasteiger partial charge in [0.25, 0.3) is 5.91 Å². The SMILES string of the molecule is COc1ccc(CN2CCC([C@@H](c3ccccc3)N3CCN(C4CCN(C(=O)c5c(C)ncnc5C)CC4)C[C@@H]3C)CC2)cc1. The molecule has 0 radical (unpaired) electrons. The van der Waals surface area contributed by atoms with Gasteiger partial charge in [-0.05, 0) is 88.7 Å². The highest BCUT2D eigenvalue weighted by Gasteiger charge is 2.38. The number of methoxy groups -OCH3 is 1. The third-order valence-electron chi connectivity index (χ3n) is 10.6. The van der Waals surface area contributed by atoms with Gasteiger partial charge in [0, 0.05) is 57.4 Å². The summed E-state index contributed by atoms with van der Waals surface area (Å²) in [6.45, 7) is 14.4. The molecule has 240 valence electrons. The topological polar surface area (TPSA) is 65.0 Å². The Morgan fingerprint density at radius 1 is 0.867 bits per heavy atom. The lowest BCUT2D eigenvalue weighted by atomic mass is 9.83. The van der Waals surface area contributed by atoms with E-state index in [1.54, 1.807) is 13.4 Å². The number of piperazine rings is 1. The molecule has 0 aliphatic carbocycles. The number of carbonyl (C=O) groups excluding carboxylic acids is 1. The lowest BCUT2D eigenvalue weighted by Crippen LogP contribution is -2.58. The molecular weight excluding hydrogens is 560 g/mol. The van der Waals surface area contributed by atoms with Crippen molar-refractivity contribution in [2.45, 2.75) is 71.1 Å². The molecule has 0 spiro atoms. The number of hydrogen-bond donors (Lipinski definition) is 0. The van der Waals surface area contributed by atoms with Gasteiger partial charge in [-0.25, -0.2) is 9.97 Å². The van der Waals surface area contributed by atoms with Crippen molar-refractivity contribution >= 4 is 5.91 Å². The number of carbonyl (C=O) groups is 1. The minimum atomic E-state index is 0.0861. The van der Waals surface area contributed by atoms with E-state index in [2.05, 4.69) is 86.2 Å². The number of nitrogens with zero attached hydrogens (tertiary/aromatic N) is 6. The van der Waals surface area contributed by atoms with Crippen molar-refractivity contribution in [3.05, 3.63) is 89.0 Å². The van der Waals surface area contributed by atoms with Gasteiger partial charge in [-0.3, -0.25) is 19.5 Å². The van der Waals surface area contributed by atoms with Crippen molar-refractivity contribution in [2.75, 3.05) is 52.9 Å². The normalized spacial score (nSPS) is 22.0. The maximum Gasteiger partial charge on any atom is 0.257 e. The zero-order valence-electron chi connectivity index (χ0n) is 27.6. The molecular formula is C37H50N6O2. The molecule has 2 atom stereocenters. The minimum absolute atomic E-state index is 0.0861. The summed E-state index contributed by atoms with van der Waals surface area (Å²) in [5.74, 6) is 1.65. The van der Waals surface area contributed by atoms with Crippen LogP contribution in [0.5, 0.6) is 5.75 Å². The van der Waals surface area contributed by atoms with Gasteiger partial charge in [-0.2, -0.15) is 0 Å². The molecule has 4 heterocycles.